The lowest BCUT2D eigenvalue weighted by molar-refractivity contribution is 0.00705. The molecular formula is C17H30IN3OS. The Bertz CT molecular complexity index is 480. The lowest BCUT2D eigenvalue weighted by atomic mass is 9.73. The van der Waals surface area contributed by atoms with Crippen molar-refractivity contribution in [2.75, 3.05) is 20.1 Å². The van der Waals surface area contributed by atoms with Crippen LogP contribution in [0.2, 0.25) is 0 Å². The smallest absolute Gasteiger partial charge is 0.193 e. The minimum absolute atomic E-state index is 0. The first-order valence-electron chi connectivity index (χ1n) is 8.24. The van der Waals surface area contributed by atoms with Crippen LogP contribution in [0.15, 0.2) is 21.8 Å². The Hall–Kier alpha value is -0.340. The second-order valence-electron chi connectivity index (χ2n) is 6.57. The molecule has 23 heavy (non-hydrogen) atoms. The van der Waals surface area contributed by atoms with Crippen molar-refractivity contribution in [2.45, 2.75) is 52.2 Å². The van der Waals surface area contributed by atoms with E-state index in [1.165, 1.54) is 12.0 Å². The number of rotatable bonds is 5. The first-order valence-corrected chi connectivity index (χ1v) is 9.18. The maximum absolute atomic E-state index is 10.3. The van der Waals surface area contributed by atoms with Gasteiger partial charge in [-0.05, 0) is 42.2 Å². The standard InChI is InChI=1S/C17H29N3OS.HI/c1-4-18-16(20(3)11-14-8-10-22-12-14)19-13-17(2)9-6-5-7-15(17)21;/h8,10,12,15,21H,4-7,9,11,13H2,1-3H3,(H,18,19);1H. The lowest BCUT2D eigenvalue weighted by Crippen LogP contribution is -2.42. The second-order valence-corrected chi connectivity index (χ2v) is 7.35. The third-order valence-electron chi connectivity index (χ3n) is 4.57. The van der Waals surface area contributed by atoms with Crippen LogP contribution in [0.5, 0.6) is 0 Å². The van der Waals surface area contributed by atoms with E-state index >= 15 is 0 Å². The van der Waals surface area contributed by atoms with E-state index in [2.05, 4.69) is 47.9 Å². The number of aliphatic hydroxyl groups excluding tert-OH is 1. The van der Waals surface area contributed by atoms with Gasteiger partial charge in [0.2, 0.25) is 0 Å². The molecule has 1 saturated carbocycles. The van der Waals surface area contributed by atoms with E-state index in [9.17, 15) is 5.11 Å². The monoisotopic (exact) mass is 451 g/mol. The number of hydrogen-bond donors (Lipinski definition) is 2. The van der Waals surface area contributed by atoms with Crippen molar-refractivity contribution >= 4 is 41.3 Å². The first kappa shape index (κ1) is 20.7. The van der Waals surface area contributed by atoms with E-state index in [-0.39, 0.29) is 35.5 Å². The summed E-state index contributed by atoms with van der Waals surface area (Å²) >= 11 is 1.72. The largest absolute Gasteiger partial charge is 0.392 e. The fraction of sp³-hybridized carbons (Fsp3) is 0.706. The number of halogens is 1. The first-order chi connectivity index (χ1) is 10.5. The number of aliphatic imine (C=N–C) groups is 1. The minimum Gasteiger partial charge on any atom is -0.392 e. The van der Waals surface area contributed by atoms with Gasteiger partial charge in [-0.25, -0.2) is 0 Å². The molecule has 1 fully saturated rings. The molecule has 0 bridgehead atoms. The zero-order chi connectivity index (χ0) is 16.0. The van der Waals surface area contributed by atoms with Crippen molar-refractivity contribution in [3.05, 3.63) is 22.4 Å². The Balaban J connectivity index is 0.00000264. The van der Waals surface area contributed by atoms with Crippen LogP contribution >= 0.6 is 35.3 Å². The molecule has 1 aromatic heterocycles. The van der Waals surface area contributed by atoms with Gasteiger partial charge in [0.1, 0.15) is 0 Å². The molecule has 2 unspecified atom stereocenters. The van der Waals surface area contributed by atoms with Crippen LogP contribution in [-0.2, 0) is 6.54 Å². The topological polar surface area (TPSA) is 47.9 Å². The van der Waals surface area contributed by atoms with Gasteiger partial charge in [0.25, 0.3) is 0 Å². The van der Waals surface area contributed by atoms with Gasteiger partial charge < -0.3 is 15.3 Å². The molecule has 0 saturated heterocycles. The quantitative estimate of drug-likeness (QED) is 0.408. The lowest BCUT2D eigenvalue weighted by Gasteiger charge is -2.37. The van der Waals surface area contributed by atoms with Crippen LogP contribution in [0.3, 0.4) is 0 Å². The molecule has 0 aromatic carbocycles. The fourth-order valence-electron chi connectivity index (χ4n) is 3.02. The van der Waals surface area contributed by atoms with Crippen molar-refractivity contribution in [1.29, 1.82) is 0 Å². The molecule has 1 aliphatic rings. The predicted molar refractivity (Wildman–Crippen MR) is 110 cm³/mol. The molecule has 4 nitrogen and oxygen atoms in total. The van der Waals surface area contributed by atoms with Gasteiger partial charge in [-0.2, -0.15) is 11.3 Å². The highest BCUT2D eigenvalue weighted by Gasteiger charge is 2.35. The number of nitrogens with zero attached hydrogens (tertiary/aromatic N) is 2. The van der Waals surface area contributed by atoms with Crippen LogP contribution in [0.25, 0.3) is 0 Å². The normalized spacial score (nSPS) is 24.9. The number of thiophene rings is 1. The van der Waals surface area contributed by atoms with Gasteiger partial charge in [-0.1, -0.05) is 19.8 Å². The summed E-state index contributed by atoms with van der Waals surface area (Å²) in [5, 5.41) is 18.0. The van der Waals surface area contributed by atoms with Gasteiger partial charge >= 0.3 is 0 Å². The van der Waals surface area contributed by atoms with E-state index in [1.807, 2.05) is 0 Å². The van der Waals surface area contributed by atoms with E-state index in [4.69, 9.17) is 4.99 Å². The average Bonchev–Trinajstić information content (AvgIpc) is 2.99. The summed E-state index contributed by atoms with van der Waals surface area (Å²) in [6.45, 7) is 6.65. The molecule has 132 valence electrons. The molecule has 0 amide bonds. The van der Waals surface area contributed by atoms with Crippen LogP contribution in [-0.4, -0.2) is 42.2 Å². The molecule has 2 N–H and O–H groups in total. The van der Waals surface area contributed by atoms with Crippen LogP contribution < -0.4 is 5.32 Å². The number of guanidine groups is 1. The molecule has 0 radical (unpaired) electrons. The van der Waals surface area contributed by atoms with Crippen LogP contribution in [0, 0.1) is 5.41 Å². The van der Waals surface area contributed by atoms with Crippen molar-refractivity contribution in [3.63, 3.8) is 0 Å². The van der Waals surface area contributed by atoms with E-state index < -0.39 is 0 Å². The highest BCUT2D eigenvalue weighted by Crippen LogP contribution is 2.36. The summed E-state index contributed by atoms with van der Waals surface area (Å²) in [6, 6.07) is 2.15. The highest BCUT2D eigenvalue weighted by molar-refractivity contribution is 14.0. The number of aliphatic hydroxyl groups is 1. The van der Waals surface area contributed by atoms with Gasteiger partial charge in [-0.3, -0.25) is 4.99 Å². The molecule has 0 spiro atoms. The molecule has 0 aliphatic heterocycles. The summed E-state index contributed by atoms with van der Waals surface area (Å²) in [4.78, 5) is 6.97. The number of nitrogens with one attached hydrogen (secondary N) is 1. The SMILES string of the molecule is CCNC(=NCC1(C)CCCCC1O)N(C)Cc1ccsc1.I. The van der Waals surface area contributed by atoms with Gasteiger partial charge in [0.15, 0.2) is 5.96 Å². The molecular weight excluding hydrogens is 421 g/mol. The van der Waals surface area contributed by atoms with Crippen molar-refractivity contribution in [3.8, 4) is 0 Å². The Labute approximate surface area is 161 Å². The third kappa shape index (κ3) is 5.90. The third-order valence-corrected chi connectivity index (χ3v) is 5.30. The molecule has 1 aromatic rings. The molecule has 1 aliphatic carbocycles. The summed E-state index contributed by atoms with van der Waals surface area (Å²) in [7, 11) is 2.07. The Morgan fingerprint density at radius 3 is 2.91 bits per heavy atom. The zero-order valence-electron chi connectivity index (χ0n) is 14.4. The van der Waals surface area contributed by atoms with E-state index in [0.29, 0.717) is 6.54 Å². The van der Waals surface area contributed by atoms with E-state index in [0.717, 1.165) is 38.3 Å². The Morgan fingerprint density at radius 2 is 2.30 bits per heavy atom. The van der Waals surface area contributed by atoms with Crippen LogP contribution in [0.4, 0.5) is 0 Å². The minimum atomic E-state index is -0.227. The maximum atomic E-state index is 10.3. The Morgan fingerprint density at radius 1 is 1.52 bits per heavy atom. The molecule has 1 heterocycles. The zero-order valence-corrected chi connectivity index (χ0v) is 17.6. The summed E-state index contributed by atoms with van der Waals surface area (Å²) in [5.41, 5.74) is 1.23. The van der Waals surface area contributed by atoms with Crippen molar-refractivity contribution in [1.82, 2.24) is 10.2 Å². The Kier molecular flexibility index (Phi) is 8.85. The summed E-state index contributed by atoms with van der Waals surface area (Å²) in [6.07, 6.45) is 4.08. The molecule has 2 atom stereocenters. The maximum Gasteiger partial charge on any atom is 0.193 e. The van der Waals surface area contributed by atoms with E-state index in [1.54, 1.807) is 11.3 Å². The second kappa shape index (κ2) is 9.84. The highest BCUT2D eigenvalue weighted by atomic mass is 127. The summed E-state index contributed by atoms with van der Waals surface area (Å²) < 4.78 is 0. The average molecular weight is 451 g/mol. The van der Waals surface area contributed by atoms with Gasteiger partial charge in [0.05, 0.1) is 12.6 Å². The molecule has 6 heteroatoms. The van der Waals surface area contributed by atoms with Gasteiger partial charge in [-0.15, -0.1) is 24.0 Å². The van der Waals surface area contributed by atoms with Crippen molar-refractivity contribution < 1.29 is 5.11 Å². The van der Waals surface area contributed by atoms with Crippen molar-refractivity contribution in [2.24, 2.45) is 10.4 Å². The number of hydrogen-bond acceptors (Lipinski definition) is 3. The summed E-state index contributed by atoms with van der Waals surface area (Å²) in [5.74, 6) is 0.924. The predicted octanol–water partition coefficient (Wildman–Crippen LogP) is 3.70. The fourth-order valence-corrected chi connectivity index (χ4v) is 3.68. The molecule has 2 rings (SSSR count). The van der Waals surface area contributed by atoms with Gasteiger partial charge in [0, 0.05) is 25.6 Å². The van der Waals surface area contributed by atoms with Crippen LogP contribution in [0.1, 0.15) is 45.1 Å².